The Morgan fingerprint density at radius 2 is 1.70 bits per heavy atom. The number of hydrogen-bond acceptors (Lipinski definition) is 4. The Morgan fingerprint density at radius 3 is 2.15 bits per heavy atom. The van der Waals surface area contributed by atoms with Crippen molar-refractivity contribution in [3.8, 4) is 6.07 Å². The molecule has 6 heteroatoms. The zero-order valence-electron chi connectivity index (χ0n) is 12.4. The summed E-state index contributed by atoms with van der Waals surface area (Å²) in [5.41, 5.74) is 0.313. The highest BCUT2D eigenvalue weighted by Crippen LogP contribution is 2.36. The predicted molar refractivity (Wildman–Crippen MR) is 79.2 cm³/mol. The van der Waals surface area contributed by atoms with Crippen LogP contribution in [0.4, 0.5) is 0 Å². The number of hydrogen-bond donors (Lipinski definition) is 0. The standard InChI is InChI=1S/C14H18BNO3S/c1-13(2)14(3,4)19-15(18-13)11-6-10(9-16)7-12(8-11)20(5)17/h6-8H,1-5H3. The number of nitriles is 1. The minimum Gasteiger partial charge on any atom is -0.399 e. The van der Waals surface area contributed by atoms with Crippen molar-refractivity contribution in [3.63, 3.8) is 0 Å². The second kappa shape index (κ2) is 4.99. The van der Waals surface area contributed by atoms with Gasteiger partial charge in [-0.1, -0.05) is 0 Å². The molecule has 0 amide bonds. The first-order valence-corrected chi connectivity index (χ1v) is 7.96. The van der Waals surface area contributed by atoms with Crippen molar-refractivity contribution >= 4 is 23.4 Å². The Hall–Kier alpha value is -1.16. The largest absolute Gasteiger partial charge is 0.494 e. The number of benzene rings is 1. The van der Waals surface area contributed by atoms with Crippen LogP contribution in [0.15, 0.2) is 23.1 Å². The molecule has 106 valence electrons. The molecule has 0 aromatic heterocycles. The predicted octanol–water partition coefficient (Wildman–Crippen LogP) is 1.59. The van der Waals surface area contributed by atoms with E-state index in [1.54, 1.807) is 24.5 Å². The number of rotatable bonds is 2. The molecule has 1 aliphatic rings. The Morgan fingerprint density at radius 1 is 1.15 bits per heavy atom. The zero-order valence-corrected chi connectivity index (χ0v) is 13.2. The summed E-state index contributed by atoms with van der Waals surface area (Å²) in [5.74, 6) is 0. The van der Waals surface area contributed by atoms with Gasteiger partial charge in [-0.25, -0.2) is 0 Å². The molecule has 1 aliphatic heterocycles. The van der Waals surface area contributed by atoms with Crippen LogP contribution in [-0.4, -0.2) is 28.8 Å². The summed E-state index contributed by atoms with van der Waals surface area (Å²) in [7, 11) is -1.70. The minimum absolute atomic E-state index is 0.439. The lowest BCUT2D eigenvalue weighted by Gasteiger charge is -2.32. The van der Waals surface area contributed by atoms with Gasteiger partial charge in [-0.05, 0) is 51.4 Å². The average molecular weight is 291 g/mol. The highest BCUT2D eigenvalue weighted by molar-refractivity contribution is 7.84. The normalized spacial score (nSPS) is 21.5. The molecule has 1 unspecified atom stereocenters. The van der Waals surface area contributed by atoms with Gasteiger partial charge in [0, 0.05) is 22.0 Å². The van der Waals surface area contributed by atoms with E-state index in [-0.39, 0.29) is 0 Å². The van der Waals surface area contributed by atoms with E-state index in [4.69, 9.17) is 14.6 Å². The van der Waals surface area contributed by atoms with Crippen LogP contribution in [0.5, 0.6) is 0 Å². The summed E-state index contributed by atoms with van der Waals surface area (Å²) in [6, 6.07) is 7.21. The molecule has 1 aromatic rings. The van der Waals surface area contributed by atoms with Gasteiger partial charge >= 0.3 is 7.12 Å². The lowest BCUT2D eigenvalue weighted by Crippen LogP contribution is -2.41. The average Bonchev–Trinajstić information content (AvgIpc) is 2.58. The highest BCUT2D eigenvalue weighted by atomic mass is 32.2. The van der Waals surface area contributed by atoms with Crippen LogP contribution < -0.4 is 5.46 Å². The second-order valence-electron chi connectivity index (χ2n) is 5.94. The second-order valence-corrected chi connectivity index (χ2v) is 7.32. The van der Waals surface area contributed by atoms with E-state index >= 15 is 0 Å². The lowest BCUT2D eigenvalue weighted by molar-refractivity contribution is 0.00578. The first kappa shape index (κ1) is 15.2. The van der Waals surface area contributed by atoms with E-state index < -0.39 is 29.1 Å². The number of nitrogens with zero attached hydrogens (tertiary/aromatic N) is 1. The molecule has 0 saturated carbocycles. The van der Waals surface area contributed by atoms with Crippen molar-refractivity contribution in [2.45, 2.75) is 43.8 Å². The van der Waals surface area contributed by atoms with Gasteiger partial charge in [0.25, 0.3) is 0 Å². The van der Waals surface area contributed by atoms with Crippen molar-refractivity contribution in [2.24, 2.45) is 0 Å². The molecule has 0 aliphatic carbocycles. The van der Waals surface area contributed by atoms with Crippen LogP contribution in [0.2, 0.25) is 0 Å². The van der Waals surface area contributed by atoms with Gasteiger partial charge in [-0.2, -0.15) is 5.26 Å². The smallest absolute Gasteiger partial charge is 0.399 e. The first-order valence-electron chi connectivity index (χ1n) is 6.40. The van der Waals surface area contributed by atoms with E-state index in [1.165, 1.54) is 0 Å². The fourth-order valence-electron chi connectivity index (χ4n) is 1.97. The quantitative estimate of drug-likeness (QED) is 0.776. The third-order valence-corrected chi connectivity index (χ3v) is 4.81. The van der Waals surface area contributed by atoms with Crippen molar-refractivity contribution in [2.75, 3.05) is 6.26 Å². The maximum Gasteiger partial charge on any atom is 0.494 e. The molecule has 0 bridgehead atoms. The van der Waals surface area contributed by atoms with Gasteiger partial charge in [-0.3, -0.25) is 4.21 Å². The summed E-state index contributed by atoms with van der Waals surface area (Å²) in [5, 5.41) is 9.09. The summed E-state index contributed by atoms with van der Waals surface area (Å²) in [4.78, 5) is 0.605. The molecule has 1 saturated heterocycles. The van der Waals surface area contributed by atoms with Crippen LogP contribution in [0, 0.1) is 11.3 Å². The minimum atomic E-state index is -1.15. The fraction of sp³-hybridized carbons (Fsp3) is 0.500. The van der Waals surface area contributed by atoms with Crippen LogP contribution >= 0.6 is 0 Å². The summed E-state index contributed by atoms with van der Waals surface area (Å²) >= 11 is 0. The summed E-state index contributed by atoms with van der Waals surface area (Å²) in [6.45, 7) is 7.89. The van der Waals surface area contributed by atoms with Gasteiger partial charge in [0.15, 0.2) is 0 Å². The van der Waals surface area contributed by atoms with Crippen LogP contribution in [0.3, 0.4) is 0 Å². The van der Waals surface area contributed by atoms with E-state index in [0.717, 1.165) is 5.46 Å². The third kappa shape index (κ3) is 2.66. The van der Waals surface area contributed by atoms with Crippen LogP contribution in [-0.2, 0) is 20.1 Å². The molecule has 0 radical (unpaired) electrons. The van der Waals surface area contributed by atoms with Gasteiger partial charge in [0.1, 0.15) is 0 Å². The van der Waals surface area contributed by atoms with Crippen molar-refractivity contribution < 1.29 is 13.5 Å². The Kier molecular flexibility index (Phi) is 3.80. The molecule has 1 heterocycles. The maximum absolute atomic E-state index is 11.7. The molecular formula is C14H18BNO3S. The first-order chi connectivity index (χ1) is 9.16. The Bertz CT molecular complexity index is 591. The molecular weight excluding hydrogens is 273 g/mol. The zero-order chi connectivity index (χ0) is 15.1. The van der Waals surface area contributed by atoms with Gasteiger partial charge in [0.2, 0.25) is 0 Å². The highest BCUT2D eigenvalue weighted by Gasteiger charge is 2.51. The molecule has 0 spiro atoms. The van der Waals surface area contributed by atoms with E-state index in [9.17, 15) is 4.21 Å². The Balaban J connectivity index is 2.43. The van der Waals surface area contributed by atoms with E-state index in [0.29, 0.717) is 10.5 Å². The lowest BCUT2D eigenvalue weighted by atomic mass is 9.78. The molecule has 1 fully saturated rings. The molecule has 20 heavy (non-hydrogen) atoms. The Labute approximate surface area is 122 Å². The van der Waals surface area contributed by atoms with Crippen LogP contribution in [0.25, 0.3) is 0 Å². The summed E-state index contributed by atoms with van der Waals surface area (Å²) in [6.07, 6.45) is 1.59. The van der Waals surface area contributed by atoms with E-state index in [1.807, 2.05) is 27.7 Å². The topological polar surface area (TPSA) is 59.3 Å². The molecule has 2 rings (SSSR count). The SMILES string of the molecule is CS(=O)c1cc(C#N)cc(B2OC(C)(C)C(C)(C)O2)c1. The van der Waals surface area contributed by atoms with E-state index in [2.05, 4.69) is 6.07 Å². The fourth-order valence-corrected chi connectivity index (χ4v) is 2.56. The van der Waals surface area contributed by atoms with Gasteiger partial charge in [-0.15, -0.1) is 0 Å². The molecule has 4 nitrogen and oxygen atoms in total. The van der Waals surface area contributed by atoms with Gasteiger partial charge < -0.3 is 9.31 Å². The molecule has 0 N–H and O–H groups in total. The third-order valence-electron chi connectivity index (χ3n) is 3.92. The maximum atomic E-state index is 11.7. The van der Waals surface area contributed by atoms with Crippen molar-refractivity contribution in [1.82, 2.24) is 0 Å². The summed E-state index contributed by atoms with van der Waals surface area (Å²) < 4.78 is 23.6. The van der Waals surface area contributed by atoms with Crippen molar-refractivity contribution in [1.29, 1.82) is 5.26 Å². The molecule has 1 aromatic carbocycles. The molecule has 1 atom stereocenters. The van der Waals surface area contributed by atoms with Gasteiger partial charge in [0.05, 0.1) is 22.8 Å². The van der Waals surface area contributed by atoms with Crippen molar-refractivity contribution in [3.05, 3.63) is 23.8 Å². The van der Waals surface area contributed by atoms with Crippen LogP contribution in [0.1, 0.15) is 33.3 Å². The monoisotopic (exact) mass is 291 g/mol.